The molecule has 1 aliphatic rings. The molecule has 5 heteroatoms. The van der Waals surface area contributed by atoms with Gasteiger partial charge >= 0.3 is 0 Å². The van der Waals surface area contributed by atoms with Gasteiger partial charge in [-0.3, -0.25) is 9.59 Å². The molecule has 0 spiro atoms. The van der Waals surface area contributed by atoms with Crippen molar-refractivity contribution < 1.29 is 9.59 Å². The average Bonchev–Trinajstić information content (AvgIpc) is 2.43. The first-order valence-electron chi connectivity index (χ1n) is 6.80. The summed E-state index contributed by atoms with van der Waals surface area (Å²) in [5, 5.41) is 2.74. The molecule has 1 rings (SSSR count). The molecule has 5 nitrogen and oxygen atoms in total. The van der Waals surface area contributed by atoms with Crippen molar-refractivity contribution in [1.29, 1.82) is 0 Å². The third kappa shape index (κ3) is 4.29. The summed E-state index contributed by atoms with van der Waals surface area (Å²) < 4.78 is 0. The van der Waals surface area contributed by atoms with Crippen LogP contribution in [0.15, 0.2) is 0 Å². The topological polar surface area (TPSA) is 75.4 Å². The quantitative estimate of drug-likeness (QED) is 0.744. The maximum atomic E-state index is 11.9. The Balaban J connectivity index is 2.27. The first-order chi connectivity index (χ1) is 8.58. The molecule has 1 saturated carbocycles. The van der Waals surface area contributed by atoms with Gasteiger partial charge in [-0.2, -0.15) is 0 Å². The predicted octanol–water partition coefficient (Wildman–Crippen LogP) is 0.346. The zero-order valence-electron chi connectivity index (χ0n) is 11.4. The normalized spacial score (nSPS) is 23.5. The summed E-state index contributed by atoms with van der Waals surface area (Å²) in [5.74, 6) is 0.610. The number of carbonyl (C=O) groups is 2. The van der Waals surface area contributed by atoms with Crippen LogP contribution in [-0.2, 0) is 9.59 Å². The van der Waals surface area contributed by atoms with E-state index in [1.807, 2.05) is 6.92 Å². The number of rotatable bonds is 5. The minimum atomic E-state index is -0.0403. The van der Waals surface area contributed by atoms with Gasteiger partial charge in [0.2, 0.25) is 11.8 Å². The number of nitrogens with zero attached hydrogens (tertiary/aromatic N) is 1. The van der Waals surface area contributed by atoms with Crippen molar-refractivity contribution in [2.75, 3.05) is 26.7 Å². The van der Waals surface area contributed by atoms with Crippen LogP contribution in [0.4, 0.5) is 0 Å². The van der Waals surface area contributed by atoms with Gasteiger partial charge in [0.05, 0.1) is 6.54 Å². The second-order valence-electron chi connectivity index (χ2n) is 5.08. The van der Waals surface area contributed by atoms with Crippen molar-refractivity contribution in [3.8, 4) is 0 Å². The summed E-state index contributed by atoms with van der Waals surface area (Å²) in [6.45, 7) is 3.40. The second kappa shape index (κ2) is 7.36. The second-order valence-corrected chi connectivity index (χ2v) is 5.08. The summed E-state index contributed by atoms with van der Waals surface area (Å²) in [4.78, 5) is 25.1. The molecule has 1 aliphatic carbocycles. The average molecular weight is 255 g/mol. The molecule has 0 unspecified atom stereocenters. The van der Waals surface area contributed by atoms with E-state index in [4.69, 9.17) is 5.73 Å². The van der Waals surface area contributed by atoms with Gasteiger partial charge in [0.1, 0.15) is 0 Å². The van der Waals surface area contributed by atoms with Crippen molar-refractivity contribution >= 4 is 11.8 Å². The highest BCUT2D eigenvalue weighted by Crippen LogP contribution is 2.27. The fourth-order valence-electron chi connectivity index (χ4n) is 2.28. The Hall–Kier alpha value is -1.10. The fraction of sp³-hybridized carbons (Fsp3) is 0.846. The fourth-order valence-corrected chi connectivity index (χ4v) is 2.28. The molecule has 1 fully saturated rings. The van der Waals surface area contributed by atoms with Gasteiger partial charge in [-0.05, 0) is 45.1 Å². The molecule has 0 atom stereocenters. The molecular weight excluding hydrogens is 230 g/mol. The van der Waals surface area contributed by atoms with Crippen LogP contribution in [0.25, 0.3) is 0 Å². The number of carbonyl (C=O) groups excluding carboxylic acids is 2. The van der Waals surface area contributed by atoms with Crippen molar-refractivity contribution in [3.63, 3.8) is 0 Å². The van der Waals surface area contributed by atoms with Crippen LogP contribution in [0, 0.1) is 11.8 Å². The van der Waals surface area contributed by atoms with E-state index in [-0.39, 0.29) is 24.3 Å². The van der Waals surface area contributed by atoms with Crippen LogP contribution in [0.5, 0.6) is 0 Å². The highest BCUT2D eigenvalue weighted by molar-refractivity contribution is 5.85. The summed E-state index contributed by atoms with van der Waals surface area (Å²) in [6, 6.07) is 0. The molecule has 0 aromatic heterocycles. The predicted molar refractivity (Wildman–Crippen MR) is 70.8 cm³/mol. The molecule has 0 heterocycles. The summed E-state index contributed by atoms with van der Waals surface area (Å²) in [7, 11) is 1.74. The van der Waals surface area contributed by atoms with Gasteiger partial charge in [0.25, 0.3) is 0 Å². The van der Waals surface area contributed by atoms with Crippen LogP contribution in [0.1, 0.15) is 32.6 Å². The molecule has 0 bridgehead atoms. The van der Waals surface area contributed by atoms with Gasteiger partial charge in [-0.15, -0.1) is 0 Å². The number of nitrogens with two attached hydrogens (primary N) is 1. The van der Waals surface area contributed by atoms with Crippen molar-refractivity contribution in [1.82, 2.24) is 10.2 Å². The van der Waals surface area contributed by atoms with Crippen molar-refractivity contribution in [2.24, 2.45) is 17.6 Å². The Morgan fingerprint density at radius 1 is 1.28 bits per heavy atom. The number of hydrogen-bond acceptors (Lipinski definition) is 3. The van der Waals surface area contributed by atoms with E-state index in [1.54, 1.807) is 11.9 Å². The van der Waals surface area contributed by atoms with E-state index in [0.717, 1.165) is 25.7 Å². The van der Waals surface area contributed by atoms with E-state index >= 15 is 0 Å². The van der Waals surface area contributed by atoms with Crippen molar-refractivity contribution in [2.45, 2.75) is 32.6 Å². The molecule has 2 amide bonds. The zero-order chi connectivity index (χ0) is 13.5. The molecule has 3 N–H and O–H groups in total. The Labute approximate surface area is 109 Å². The number of likely N-dealkylation sites (N-methyl/N-ethyl adjacent to an activating group) is 1. The molecule has 104 valence electrons. The lowest BCUT2D eigenvalue weighted by Gasteiger charge is -2.26. The molecule has 0 aliphatic heterocycles. The maximum absolute atomic E-state index is 11.9. The monoisotopic (exact) mass is 255 g/mol. The van der Waals surface area contributed by atoms with Crippen LogP contribution in [0.3, 0.4) is 0 Å². The Bertz CT molecular complexity index is 286. The number of amides is 2. The summed E-state index contributed by atoms with van der Waals surface area (Å²) >= 11 is 0. The lowest BCUT2D eigenvalue weighted by atomic mass is 9.81. The lowest BCUT2D eigenvalue weighted by Crippen LogP contribution is -2.41. The largest absolute Gasteiger partial charge is 0.347 e. The first-order valence-corrected chi connectivity index (χ1v) is 6.80. The lowest BCUT2D eigenvalue weighted by molar-refractivity contribution is -0.133. The Morgan fingerprint density at radius 2 is 1.89 bits per heavy atom. The van der Waals surface area contributed by atoms with Gasteiger partial charge in [0, 0.05) is 19.5 Å². The molecule has 18 heavy (non-hydrogen) atoms. The minimum Gasteiger partial charge on any atom is -0.347 e. The standard InChI is InChI=1S/C13H25N3O2/c1-3-16(2)12(17)9-15-13(18)11-6-4-10(8-14)5-7-11/h10-11H,3-9,14H2,1-2H3,(H,15,18). The highest BCUT2D eigenvalue weighted by atomic mass is 16.2. The summed E-state index contributed by atoms with van der Waals surface area (Å²) in [6.07, 6.45) is 3.84. The smallest absolute Gasteiger partial charge is 0.241 e. The molecule has 0 aromatic rings. The molecule has 0 aromatic carbocycles. The zero-order valence-corrected chi connectivity index (χ0v) is 11.4. The third-order valence-electron chi connectivity index (χ3n) is 3.86. The summed E-state index contributed by atoms with van der Waals surface area (Å²) in [5.41, 5.74) is 5.62. The van der Waals surface area contributed by atoms with Gasteiger partial charge in [0.15, 0.2) is 0 Å². The Kier molecular flexibility index (Phi) is 6.12. The SMILES string of the molecule is CCN(C)C(=O)CNC(=O)C1CCC(CN)CC1. The Morgan fingerprint density at radius 3 is 2.39 bits per heavy atom. The van der Waals surface area contributed by atoms with Crippen LogP contribution >= 0.6 is 0 Å². The van der Waals surface area contributed by atoms with E-state index < -0.39 is 0 Å². The first kappa shape index (κ1) is 15.0. The van der Waals surface area contributed by atoms with E-state index in [9.17, 15) is 9.59 Å². The van der Waals surface area contributed by atoms with E-state index in [1.165, 1.54) is 0 Å². The van der Waals surface area contributed by atoms with Gasteiger partial charge in [-0.25, -0.2) is 0 Å². The highest BCUT2D eigenvalue weighted by Gasteiger charge is 2.25. The van der Waals surface area contributed by atoms with Gasteiger partial charge in [-0.1, -0.05) is 0 Å². The van der Waals surface area contributed by atoms with E-state index in [2.05, 4.69) is 5.32 Å². The molecular formula is C13H25N3O2. The van der Waals surface area contributed by atoms with Crippen LogP contribution < -0.4 is 11.1 Å². The third-order valence-corrected chi connectivity index (χ3v) is 3.86. The van der Waals surface area contributed by atoms with Crippen LogP contribution in [0.2, 0.25) is 0 Å². The van der Waals surface area contributed by atoms with Crippen molar-refractivity contribution in [3.05, 3.63) is 0 Å². The van der Waals surface area contributed by atoms with E-state index in [0.29, 0.717) is 19.0 Å². The number of nitrogens with one attached hydrogen (secondary N) is 1. The van der Waals surface area contributed by atoms with Crippen LogP contribution in [-0.4, -0.2) is 43.4 Å². The van der Waals surface area contributed by atoms with Gasteiger partial charge < -0.3 is 16.0 Å². The number of hydrogen-bond donors (Lipinski definition) is 2. The molecule has 0 saturated heterocycles. The maximum Gasteiger partial charge on any atom is 0.241 e. The molecule has 0 radical (unpaired) electrons. The minimum absolute atomic E-state index is 0.0170.